The van der Waals surface area contributed by atoms with Gasteiger partial charge in [0, 0.05) is 5.02 Å². The van der Waals surface area contributed by atoms with Gasteiger partial charge in [0.2, 0.25) is 10.0 Å². The van der Waals surface area contributed by atoms with Crippen molar-refractivity contribution >= 4 is 33.3 Å². The Morgan fingerprint density at radius 1 is 1.33 bits per heavy atom. The van der Waals surface area contributed by atoms with Gasteiger partial charge in [0.1, 0.15) is 6.54 Å². The lowest BCUT2D eigenvalue weighted by Crippen LogP contribution is -2.37. The lowest BCUT2D eigenvalue weighted by Gasteiger charge is -2.22. The van der Waals surface area contributed by atoms with Gasteiger partial charge in [0.05, 0.1) is 18.6 Å². The van der Waals surface area contributed by atoms with Gasteiger partial charge in [-0.3, -0.25) is 9.10 Å². The standard InChI is InChI=1S/C11H14ClNO4S/c1-3-18(15,16)13(8-11(14)17-2)10-6-4-9(12)5-7-10/h4-7H,3,8H2,1-2H3. The van der Waals surface area contributed by atoms with Crippen LogP contribution in [0.15, 0.2) is 24.3 Å². The Balaban J connectivity index is 3.12. The highest BCUT2D eigenvalue weighted by Crippen LogP contribution is 2.21. The maximum Gasteiger partial charge on any atom is 0.326 e. The Bertz CT molecular complexity index is 512. The monoisotopic (exact) mass is 291 g/mol. The van der Waals surface area contributed by atoms with Crippen molar-refractivity contribution in [1.29, 1.82) is 0 Å². The van der Waals surface area contributed by atoms with Crippen LogP contribution in [0.25, 0.3) is 0 Å². The van der Waals surface area contributed by atoms with E-state index in [2.05, 4.69) is 4.74 Å². The van der Waals surface area contributed by atoms with Crippen LogP contribution in [0, 0.1) is 0 Å². The molecule has 0 aliphatic rings. The highest BCUT2D eigenvalue weighted by atomic mass is 35.5. The van der Waals surface area contributed by atoms with E-state index in [9.17, 15) is 13.2 Å². The van der Waals surface area contributed by atoms with E-state index in [-0.39, 0.29) is 12.3 Å². The van der Waals surface area contributed by atoms with Crippen molar-refractivity contribution in [1.82, 2.24) is 0 Å². The highest BCUT2D eigenvalue weighted by Gasteiger charge is 2.23. The van der Waals surface area contributed by atoms with Crippen LogP contribution in [0.3, 0.4) is 0 Å². The molecule has 5 nitrogen and oxygen atoms in total. The Kier molecular flexibility index (Phi) is 4.98. The summed E-state index contributed by atoms with van der Waals surface area (Å²) < 4.78 is 29.3. The van der Waals surface area contributed by atoms with Crippen molar-refractivity contribution in [2.24, 2.45) is 0 Å². The Morgan fingerprint density at radius 2 is 1.89 bits per heavy atom. The van der Waals surface area contributed by atoms with Gasteiger partial charge in [-0.25, -0.2) is 8.42 Å². The molecule has 1 aromatic carbocycles. The molecule has 0 aliphatic heterocycles. The maximum absolute atomic E-state index is 11.9. The molecule has 0 saturated carbocycles. The first kappa shape index (κ1) is 14.8. The fourth-order valence-corrected chi connectivity index (χ4v) is 2.48. The summed E-state index contributed by atoms with van der Waals surface area (Å²) in [5, 5.41) is 0.491. The largest absolute Gasteiger partial charge is 0.468 e. The van der Waals surface area contributed by atoms with Crippen LogP contribution < -0.4 is 4.31 Å². The third-order valence-corrected chi connectivity index (χ3v) is 4.31. The van der Waals surface area contributed by atoms with Gasteiger partial charge in [-0.1, -0.05) is 11.6 Å². The molecule has 18 heavy (non-hydrogen) atoms. The average Bonchev–Trinajstić information content (AvgIpc) is 2.36. The number of benzene rings is 1. The second-order valence-electron chi connectivity index (χ2n) is 3.46. The first-order chi connectivity index (χ1) is 8.40. The lowest BCUT2D eigenvalue weighted by molar-refractivity contribution is -0.138. The summed E-state index contributed by atoms with van der Waals surface area (Å²) in [4.78, 5) is 11.3. The average molecular weight is 292 g/mol. The number of carbonyl (C=O) groups excluding carboxylic acids is 1. The van der Waals surface area contributed by atoms with Crippen LogP contribution in [0.1, 0.15) is 6.92 Å². The zero-order valence-electron chi connectivity index (χ0n) is 10.1. The van der Waals surface area contributed by atoms with E-state index in [0.29, 0.717) is 10.7 Å². The summed E-state index contributed by atoms with van der Waals surface area (Å²) in [6.45, 7) is 1.16. The number of rotatable bonds is 5. The second-order valence-corrected chi connectivity index (χ2v) is 6.08. The third kappa shape index (κ3) is 3.61. The summed E-state index contributed by atoms with van der Waals surface area (Å²) >= 11 is 5.74. The fraction of sp³-hybridized carbons (Fsp3) is 0.364. The molecule has 0 amide bonds. The lowest BCUT2D eigenvalue weighted by atomic mass is 10.3. The van der Waals surface area contributed by atoms with Crippen LogP contribution >= 0.6 is 11.6 Å². The second kappa shape index (κ2) is 6.06. The van der Waals surface area contributed by atoms with Crippen LogP contribution in [0.4, 0.5) is 5.69 Å². The normalized spacial score (nSPS) is 11.1. The predicted molar refractivity (Wildman–Crippen MR) is 70.3 cm³/mol. The molecule has 0 spiro atoms. The number of hydrogen-bond donors (Lipinski definition) is 0. The minimum Gasteiger partial charge on any atom is -0.468 e. The number of ether oxygens (including phenoxy) is 1. The molecule has 0 radical (unpaired) electrons. The van der Waals surface area contributed by atoms with Gasteiger partial charge in [-0.15, -0.1) is 0 Å². The number of hydrogen-bond acceptors (Lipinski definition) is 4. The maximum atomic E-state index is 11.9. The van der Waals surface area contributed by atoms with Crippen LogP contribution in [-0.2, 0) is 19.6 Å². The van der Waals surface area contributed by atoms with Crippen molar-refractivity contribution < 1.29 is 17.9 Å². The van der Waals surface area contributed by atoms with Crippen molar-refractivity contribution in [3.63, 3.8) is 0 Å². The van der Waals surface area contributed by atoms with Crippen LogP contribution in [0.5, 0.6) is 0 Å². The number of anilines is 1. The Hall–Kier alpha value is -1.27. The summed E-state index contributed by atoms with van der Waals surface area (Å²) in [7, 11) is -2.33. The van der Waals surface area contributed by atoms with E-state index in [0.717, 1.165) is 4.31 Å². The number of sulfonamides is 1. The number of halogens is 1. The van der Waals surface area contributed by atoms with Crippen LogP contribution in [0.2, 0.25) is 5.02 Å². The Labute approximate surface area is 111 Å². The molecule has 0 aromatic heterocycles. The van der Waals surface area contributed by atoms with Gasteiger partial charge in [-0.05, 0) is 31.2 Å². The minimum absolute atomic E-state index is 0.105. The first-order valence-electron chi connectivity index (χ1n) is 5.23. The van der Waals surface area contributed by atoms with Gasteiger partial charge in [0.25, 0.3) is 0 Å². The smallest absolute Gasteiger partial charge is 0.326 e. The summed E-state index contributed by atoms with van der Waals surface area (Å²) in [5.41, 5.74) is 0.381. The number of esters is 1. The van der Waals surface area contributed by atoms with E-state index >= 15 is 0 Å². The molecule has 7 heteroatoms. The van der Waals surface area contributed by atoms with Crippen molar-refractivity contribution in [3.8, 4) is 0 Å². The molecule has 0 N–H and O–H groups in total. The van der Waals surface area contributed by atoms with E-state index < -0.39 is 16.0 Å². The Morgan fingerprint density at radius 3 is 2.33 bits per heavy atom. The van der Waals surface area contributed by atoms with E-state index in [4.69, 9.17) is 11.6 Å². The first-order valence-corrected chi connectivity index (χ1v) is 7.22. The molecule has 0 saturated heterocycles. The van der Waals surface area contributed by atoms with E-state index in [1.807, 2.05) is 0 Å². The van der Waals surface area contributed by atoms with Crippen molar-refractivity contribution in [2.75, 3.05) is 23.7 Å². The summed E-state index contributed by atoms with van der Waals surface area (Å²) in [5.74, 6) is -0.728. The van der Waals surface area contributed by atoms with E-state index in [1.165, 1.54) is 14.0 Å². The SMILES string of the molecule is CCS(=O)(=O)N(CC(=O)OC)c1ccc(Cl)cc1. The quantitative estimate of drug-likeness (QED) is 0.774. The number of methoxy groups -OCH3 is 1. The van der Waals surface area contributed by atoms with Crippen molar-refractivity contribution in [2.45, 2.75) is 6.92 Å². The number of carbonyl (C=O) groups is 1. The zero-order chi connectivity index (χ0) is 13.8. The molecule has 0 atom stereocenters. The van der Waals surface area contributed by atoms with Crippen molar-refractivity contribution in [3.05, 3.63) is 29.3 Å². The summed E-state index contributed by atoms with van der Waals surface area (Å²) in [6, 6.07) is 6.20. The molecule has 0 unspecified atom stereocenters. The highest BCUT2D eigenvalue weighted by molar-refractivity contribution is 7.92. The van der Waals surface area contributed by atoms with Gasteiger partial charge in [0.15, 0.2) is 0 Å². The third-order valence-electron chi connectivity index (χ3n) is 2.32. The molecule has 0 bridgehead atoms. The van der Waals surface area contributed by atoms with Gasteiger partial charge < -0.3 is 4.74 Å². The molecule has 100 valence electrons. The molecular weight excluding hydrogens is 278 g/mol. The molecule has 0 aliphatic carbocycles. The topological polar surface area (TPSA) is 63.7 Å². The van der Waals surface area contributed by atoms with E-state index in [1.54, 1.807) is 24.3 Å². The number of nitrogens with zero attached hydrogens (tertiary/aromatic N) is 1. The molecule has 0 fully saturated rings. The molecule has 1 aromatic rings. The predicted octanol–water partition coefficient (Wildman–Crippen LogP) is 1.67. The molecule has 0 heterocycles. The molecule has 1 rings (SSSR count). The zero-order valence-corrected chi connectivity index (χ0v) is 11.7. The van der Waals surface area contributed by atoms with Crippen LogP contribution in [-0.4, -0.2) is 33.8 Å². The van der Waals surface area contributed by atoms with Gasteiger partial charge >= 0.3 is 5.97 Å². The van der Waals surface area contributed by atoms with Gasteiger partial charge in [-0.2, -0.15) is 0 Å². The molecular formula is C11H14ClNO4S. The summed E-state index contributed by atoms with van der Waals surface area (Å²) in [6.07, 6.45) is 0. The fourth-order valence-electron chi connectivity index (χ4n) is 1.30. The minimum atomic E-state index is -3.54.